The lowest BCUT2D eigenvalue weighted by Gasteiger charge is -1.94. The highest BCUT2D eigenvalue weighted by Gasteiger charge is 2.10. The topological polar surface area (TPSA) is 100 Å². The number of nitrogens with zero attached hydrogens (tertiary/aromatic N) is 3. The van der Waals surface area contributed by atoms with Crippen LogP contribution in [0.5, 0.6) is 0 Å². The summed E-state index contributed by atoms with van der Waals surface area (Å²) in [6, 6.07) is 12.5. The number of rotatable bonds is 5. The summed E-state index contributed by atoms with van der Waals surface area (Å²) in [5, 5.41) is 12.9. The number of thioether (sulfide) groups is 1. The zero-order valence-electron chi connectivity index (χ0n) is 11.8. The molecule has 116 valence electrons. The Labute approximate surface area is 135 Å². The summed E-state index contributed by atoms with van der Waals surface area (Å²) in [6.07, 6.45) is 3.36. The maximum Gasteiger partial charge on any atom is 0.433 e. The molecular weight excluding hydrogens is 316 g/mol. The first kappa shape index (κ1) is 14.9. The standard InChI is InChI=1S/C15H12N4O3S/c16-18-10-13(11-4-2-1-3-5-11)17-15(18)23-9-8-12-6-7-14(22-12)19(20)21/h1-10H,16H2. The fourth-order valence-corrected chi connectivity index (χ4v) is 2.55. The maximum absolute atomic E-state index is 10.5. The molecule has 2 heterocycles. The Morgan fingerprint density at radius 1 is 1.26 bits per heavy atom. The first-order chi connectivity index (χ1) is 11.1. The fourth-order valence-electron chi connectivity index (χ4n) is 1.90. The molecule has 2 aromatic heterocycles. The van der Waals surface area contributed by atoms with E-state index in [9.17, 15) is 10.1 Å². The molecule has 1 aromatic carbocycles. The molecule has 0 radical (unpaired) electrons. The Kier molecular flexibility index (Phi) is 4.15. The molecule has 0 saturated carbocycles. The summed E-state index contributed by atoms with van der Waals surface area (Å²) in [6.45, 7) is 0. The molecule has 0 bridgehead atoms. The van der Waals surface area contributed by atoms with E-state index < -0.39 is 4.92 Å². The molecule has 23 heavy (non-hydrogen) atoms. The highest BCUT2D eigenvalue weighted by Crippen LogP contribution is 2.24. The molecule has 0 amide bonds. The Bertz CT molecular complexity index is 855. The van der Waals surface area contributed by atoms with Crippen LogP contribution < -0.4 is 5.84 Å². The second kappa shape index (κ2) is 6.41. The van der Waals surface area contributed by atoms with Crippen molar-refractivity contribution in [1.29, 1.82) is 0 Å². The molecule has 0 saturated heterocycles. The smallest absolute Gasteiger partial charge is 0.401 e. The van der Waals surface area contributed by atoms with Crippen LogP contribution in [0.4, 0.5) is 5.88 Å². The van der Waals surface area contributed by atoms with Crippen LogP contribution in [0.3, 0.4) is 0 Å². The summed E-state index contributed by atoms with van der Waals surface area (Å²) >= 11 is 1.29. The number of nitro groups is 1. The van der Waals surface area contributed by atoms with Crippen LogP contribution in [0, 0.1) is 10.1 Å². The SMILES string of the molecule is Nn1cc(-c2ccccc2)nc1SC=Cc1ccc([N+](=O)[O-])o1. The number of hydrogen-bond donors (Lipinski definition) is 1. The van der Waals surface area contributed by atoms with Gasteiger partial charge in [-0.25, -0.2) is 9.66 Å². The molecule has 0 spiro atoms. The van der Waals surface area contributed by atoms with Crippen molar-refractivity contribution >= 4 is 23.7 Å². The predicted molar refractivity (Wildman–Crippen MR) is 88.1 cm³/mol. The second-order valence-corrected chi connectivity index (χ2v) is 5.41. The third-order valence-corrected chi connectivity index (χ3v) is 3.75. The monoisotopic (exact) mass is 328 g/mol. The molecule has 0 atom stereocenters. The average Bonchev–Trinajstić information content (AvgIpc) is 3.16. The largest absolute Gasteiger partial charge is 0.433 e. The van der Waals surface area contributed by atoms with Crippen molar-refractivity contribution in [1.82, 2.24) is 9.66 Å². The highest BCUT2D eigenvalue weighted by atomic mass is 32.2. The van der Waals surface area contributed by atoms with Crippen molar-refractivity contribution in [2.45, 2.75) is 5.16 Å². The van der Waals surface area contributed by atoms with Gasteiger partial charge in [0.05, 0.1) is 18.0 Å². The van der Waals surface area contributed by atoms with Gasteiger partial charge in [-0.15, -0.1) is 0 Å². The van der Waals surface area contributed by atoms with Crippen LogP contribution in [0.25, 0.3) is 17.3 Å². The van der Waals surface area contributed by atoms with E-state index >= 15 is 0 Å². The van der Waals surface area contributed by atoms with Gasteiger partial charge in [-0.3, -0.25) is 10.1 Å². The number of nitrogen functional groups attached to an aromatic ring is 1. The molecule has 2 N–H and O–H groups in total. The van der Waals surface area contributed by atoms with E-state index in [2.05, 4.69) is 4.98 Å². The zero-order valence-corrected chi connectivity index (χ0v) is 12.6. The second-order valence-electron chi connectivity index (χ2n) is 4.54. The molecule has 0 unspecified atom stereocenters. The average molecular weight is 328 g/mol. The quantitative estimate of drug-likeness (QED) is 0.333. The van der Waals surface area contributed by atoms with Gasteiger partial charge in [0.15, 0.2) is 5.16 Å². The number of benzene rings is 1. The van der Waals surface area contributed by atoms with Crippen molar-refractivity contribution in [2.24, 2.45) is 0 Å². The molecule has 7 nitrogen and oxygen atoms in total. The predicted octanol–water partition coefficient (Wildman–Crippen LogP) is 3.53. The van der Waals surface area contributed by atoms with Gasteiger partial charge < -0.3 is 10.3 Å². The Morgan fingerprint density at radius 2 is 2.04 bits per heavy atom. The minimum atomic E-state index is -0.580. The van der Waals surface area contributed by atoms with E-state index in [0.29, 0.717) is 10.9 Å². The van der Waals surface area contributed by atoms with E-state index in [0.717, 1.165) is 11.3 Å². The van der Waals surface area contributed by atoms with E-state index in [1.54, 1.807) is 17.7 Å². The van der Waals surface area contributed by atoms with E-state index in [-0.39, 0.29) is 5.88 Å². The van der Waals surface area contributed by atoms with Crippen molar-refractivity contribution < 1.29 is 9.34 Å². The van der Waals surface area contributed by atoms with E-state index in [4.69, 9.17) is 10.3 Å². The molecule has 3 rings (SSSR count). The van der Waals surface area contributed by atoms with E-state index in [1.807, 2.05) is 30.3 Å². The van der Waals surface area contributed by atoms with Crippen molar-refractivity contribution in [3.63, 3.8) is 0 Å². The molecule has 0 aliphatic carbocycles. The molecular formula is C15H12N4O3S. The molecule has 0 aliphatic rings. The van der Waals surface area contributed by atoms with Crippen molar-refractivity contribution in [3.8, 4) is 11.3 Å². The van der Waals surface area contributed by atoms with Gasteiger partial charge in [0.25, 0.3) is 0 Å². The lowest BCUT2D eigenvalue weighted by molar-refractivity contribution is -0.402. The minimum absolute atomic E-state index is 0.290. The van der Waals surface area contributed by atoms with Gasteiger partial charge >= 0.3 is 5.88 Å². The Hall–Kier alpha value is -3.00. The maximum atomic E-state index is 10.5. The summed E-state index contributed by atoms with van der Waals surface area (Å²) < 4.78 is 6.46. The summed E-state index contributed by atoms with van der Waals surface area (Å²) in [7, 11) is 0. The Balaban J connectivity index is 1.72. The third kappa shape index (κ3) is 3.43. The van der Waals surface area contributed by atoms with Gasteiger partial charge in [-0.05, 0) is 17.6 Å². The van der Waals surface area contributed by atoms with Crippen LogP contribution in [-0.4, -0.2) is 14.6 Å². The number of aromatic nitrogens is 2. The molecule has 0 fully saturated rings. The van der Waals surface area contributed by atoms with Crippen LogP contribution in [0.15, 0.2) is 63.6 Å². The van der Waals surface area contributed by atoms with Crippen molar-refractivity contribution in [2.75, 3.05) is 5.84 Å². The van der Waals surface area contributed by atoms with Crippen LogP contribution in [0.2, 0.25) is 0 Å². The van der Waals surface area contributed by atoms with Gasteiger partial charge in [0.2, 0.25) is 0 Å². The van der Waals surface area contributed by atoms with Crippen LogP contribution in [-0.2, 0) is 0 Å². The number of imidazole rings is 1. The van der Waals surface area contributed by atoms with Crippen LogP contribution in [0.1, 0.15) is 5.76 Å². The Morgan fingerprint density at radius 3 is 2.74 bits per heavy atom. The van der Waals surface area contributed by atoms with Gasteiger partial charge in [-0.1, -0.05) is 42.1 Å². The lowest BCUT2D eigenvalue weighted by Crippen LogP contribution is -2.06. The zero-order chi connectivity index (χ0) is 16.2. The summed E-state index contributed by atoms with van der Waals surface area (Å²) in [4.78, 5) is 14.4. The normalized spacial score (nSPS) is 11.1. The van der Waals surface area contributed by atoms with Gasteiger partial charge in [0.1, 0.15) is 10.7 Å². The number of hydrogen-bond acceptors (Lipinski definition) is 6. The number of furan rings is 1. The minimum Gasteiger partial charge on any atom is -0.401 e. The third-order valence-electron chi connectivity index (χ3n) is 2.97. The lowest BCUT2D eigenvalue weighted by atomic mass is 10.2. The van der Waals surface area contributed by atoms with Gasteiger partial charge in [0, 0.05) is 5.56 Å². The van der Waals surface area contributed by atoms with Gasteiger partial charge in [-0.2, -0.15) is 0 Å². The highest BCUT2D eigenvalue weighted by molar-refractivity contribution is 8.02. The fraction of sp³-hybridized carbons (Fsp3) is 0. The first-order valence-electron chi connectivity index (χ1n) is 6.61. The molecule has 3 aromatic rings. The number of nitrogens with two attached hydrogens (primary N) is 1. The first-order valence-corrected chi connectivity index (χ1v) is 7.49. The van der Waals surface area contributed by atoms with Crippen molar-refractivity contribution in [3.05, 3.63) is 69.9 Å². The van der Waals surface area contributed by atoms with E-state index in [1.165, 1.54) is 28.6 Å². The molecule has 0 aliphatic heterocycles. The molecule has 8 heteroatoms. The summed E-state index contributed by atoms with van der Waals surface area (Å²) in [5.41, 5.74) is 1.75. The summed E-state index contributed by atoms with van der Waals surface area (Å²) in [5.74, 6) is 5.99. The van der Waals surface area contributed by atoms with Crippen LogP contribution >= 0.6 is 11.8 Å².